The molecule has 1 aromatic heterocycles. The SMILES string of the molecule is CN(c1ccccc1)S(=O)(=O)c1c(-c2cccc(F)c2)csc1C(=O)NCc1ccc(F)cc1. The van der Waals surface area contributed by atoms with Crippen molar-refractivity contribution in [2.75, 3.05) is 11.4 Å². The zero-order valence-corrected chi connectivity index (χ0v) is 19.7. The van der Waals surface area contributed by atoms with E-state index >= 15 is 0 Å². The topological polar surface area (TPSA) is 66.5 Å². The number of hydrogen-bond acceptors (Lipinski definition) is 4. The average Bonchev–Trinajstić information content (AvgIpc) is 3.30. The Labute approximate surface area is 200 Å². The van der Waals surface area contributed by atoms with E-state index in [0.29, 0.717) is 16.8 Å². The fourth-order valence-corrected chi connectivity index (χ4v) is 6.27. The number of thiophene rings is 1. The second-order valence-electron chi connectivity index (χ2n) is 7.44. The van der Waals surface area contributed by atoms with Crippen LogP contribution in [-0.2, 0) is 16.6 Å². The highest BCUT2D eigenvalue weighted by atomic mass is 32.2. The first-order valence-electron chi connectivity index (χ1n) is 10.2. The zero-order valence-electron chi connectivity index (χ0n) is 18.0. The summed E-state index contributed by atoms with van der Waals surface area (Å²) in [6, 6.07) is 19.6. The molecule has 0 saturated carbocycles. The summed E-state index contributed by atoms with van der Waals surface area (Å²) in [6.45, 7) is 0.0837. The van der Waals surface area contributed by atoms with E-state index in [1.807, 2.05) is 0 Å². The Hall–Kier alpha value is -3.56. The number of anilines is 1. The lowest BCUT2D eigenvalue weighted by Crippen LogP contribution is -2.30. The van der Waals surface area contributed by atoms with Crippen LogP contribution in [0.2, 0.25) is 0 Å². The lowest BCUT2D eigenvalue weighted by Gasteiger charge is -2.21. The van der Waals surface area contributed by atoms with Crippen LogP contribution in [-0.4, -0.2) is 21.4 Å². The maximum atomic E-state index is 13.9. The summed E-state index contributed by atoms with van der Waals surface area (Å²) in [5.74, 6) is -1.52. The maximum absolute atomic E-state index is 13.9. The summed E-state index contributed by atoms with van der Waals surface area (Å²) in [4.78, 5) is 12.9. The van der Waals surface area contributed by atoms with E-state index in [0.717, 1.165) is 15.6 Å². The Morgan fingerprint density at radius 1 is 0.941 bits per heavy atom. The van der Waals surface area contributed by atoms with E-state index in [1.165, 1.54) is 54.9 Å². The van der Waals surface area contributed by atoms with Crippen LogP contribution in [0, 0.1) is 11.6 Å². The van der Waals surface area contributed by atoms with Crippen molar-refractivity contribution in [3.63, 3.8) is 0 Å². The Kier molecular flexibility index (Phi) is 6.76. The first kappa shape index (κ1) is 23.6. The smallest absolute Gasteiger partial charge is 0.266 e. The van der Waals surface area contributed by atoms with Crippen LogP contribution in [0.3, 0.4) is 0 Å². The van der Waals surface area contributed by atoms with E-state index in [1.54, 1.807) is 36.4 Å². The van der Waals surface area contributed by atoms with Gasteiger partial charge in [0.05, 0.1) is 5.69 Å². The number of halogens is 2. The normalized spacial score (nSPS) is 11.3. The van der Waals surface area contributed by atoms with Gasteiger partial charge in [-0.2, -0.15) is 0 Å². The van der Waals surface area contributed by atoms with E-state index in [4.69, 9.17) is 0 Å². The zero-order chi connectivity index (χ0) is 24.3. The van der Waals surface area contributed by atoms with Gasteiger partial charge in [0, 0.05) is 24.5 Å². The lowest BCUT2D eigenvalue weighted by molar-refractivity contribution is 0.0952. The summed E-state index contributed by atoms with van der Waals surface area (Å²) < 4.78 is 55.6. The molecule has 0 aliphatic rings. The molecule has 1 heterocycles. The molecule has 3 aromatic carbocycles. The molecule has 1 amide bonds. The van der Waals surface area contributed by atoms with E-state index in [2.05, 4.69) is 5.32 Å². The monoisotopic (exact) mass is 498 g/mol. The molecule has 0 saturated heterocycles. The Morgan fingerprint density at radius 2 is 1.65 bits per heavy atom. The molecule has 0 fully saturated rings. The maximum Gasteiger partial charge on any atom is 0.266 e. The third-order valence-corrected chi connectivity index (χ3v) is 8.17. The first-order chi connectivity index (χ1) is 16.3. The van der Waals surface area contributed by atoms with Crippen LogP contribution in [0.1, 0.15) is 15.2 Å². The van der Waals surface area contributed by atoms with Gasteiger partial charge in [0.1, 0.15) is 21.4 Å². The van der Waals surface area contributed by atoms with Crippen LogP contribution >= 0.6 is 11.3 Å². The minimum Gasteiger partial charge on any atom is -0.347 e. The molecule has 0 radical (unpaired) electrons. The Bertz CT molecular complexity index is 1420. The highest BCUT2D eigenvalue weighted by Gasteiger charge is 2.32. The number of hydrogen-bond donors (Lipinski definition) is 1. The number of carbonyl (C=O) groups is 1. The third-order valence-electron chi connectivity index (χ3n) is 5.19. The van der Waals surface area contributed by atoms with Crippen LogP contribution in [0.25, 0.3) is 11.1 Å². The van der Waals surface area contributed by atoms with Crippen LogP contribution in [0.15, 0.2) is 89.1 Å². The number of sulfonamides is 1. The van der Waals surface area contributed by atoms with E-state index < -0.39 is 27.6 Å². The first-order valence-corrected chi connectivity index (χ1v) is 12.5. The summed E-state index contributed by atoms with van der Waals surface area (Å²) >= 11 is 0.962. The molecular formula is C25H20F2N2O3S2. The fraction of sp³-hybridized carbons (Fsp3) is 0.0800. The fourth-order valence-electron chi connectivity index (χ4n) is 3.39. The van der Waals surface area contributed by atoms with Gasteiger partial charge in [-0.15, -0.1) is 11.3 Å². The van der Waals surface area contributed by atoms with Gasteiger partial charge in [0.2, 0.25) is 0 Å². The number of nitrogens with zero attached hydrogens (tertiary/aromatic N) is 1. The summed E-state index contributed by atoms with van der Waals surface area (Å²) in [6.07, 6.45) is 0. The molecule has 0 aliphatic carbocycles. The number of carbonyl (C=O) groups excluding carboxylic acids is 1. The van der Waals surface area contributed by atoms with Crippen molar-refractivity contribution < 1.29 is 22.0 Å². The minimum atomic E-state index is -4.19. The van der Waals surface area contributed by atoms with Gasteiger partial charge < -0.3 is 5.32 Å². The minimum absolute atomic E-state index is 0.0239. The number of amides is 1. The number of benzene rings is 3. The Morgan fingerprint density at radius 3 is 2.32 bits per heavy atom. The summed E-state index contributed by atoms with van der Waals surface area (Å²) in [7, 11) is -2.79. The van der Waals surface area contributed by atoms with Crippen LogP contribution < -0.4 is 9.62 Å². The van der Waals surface area contributed by atoms with Gasteiger partial charge in [-0.1, -0.05) is 42.5 Å². The highest BCUT2D eigenvalue weighted by Crippen LogP contribution is 2.38. The second-order valence-corrected chi connectivity index (χ2v) is 10.2. The van der Waals surface area contributed by atoms with Crippen LogP contribution in [0.5, 0.6) is 0 Å². The summed E-state index contributed by atoms with van der Waals surface area (Å²) in [5.41, 5.74) is 1.65. The van der Waals surface area contributed by atoms with Gasteiger partial charge >= 0.3 is 0 Å². The van der Waals surface area contributed by atoms with Crippen molar-refractivity contribution in [2.24, 2.45) is 0 Å². The molecule has 4 aromatic rings. The highest BCUT2D eigenvalue weighted by molar-refractivity contribution is 7.93. The molecule has 5 nitrogen and oxygen atoms in total. The molecule has 0 unspecified atom stereocenters. The van der Waals surface area contributed by atoms with Crippen LogP contribution in [0.4, 0.5) is 14.5 Å². The third kappa shape index (κ3) is 4.85. The van der Waals surface area contributed by atoms with Gasteiger partial charge in [-0.05, 0) is 47.5 Å². The van der Waals surface area contributed by atoms with Crippen molar-refractivity contribution in [2.45, 2.75) is 11.4 Å². The molecular weight excluding hydrogens is 478 g/mol. The van der Waals surface area contributed by atoms with E-state index in [9.17, 15) is 22.0 Å². The predicted molar refractivity (Wildman–Crippen MR) is 129 cm³/mol. The lowest BCUT2D eigenvalue weighted by atomic mass is 10.1. The quantitative estimate of drug-likeness (QED) is 0.369. The average molecular weight is 499 g/mol. The molecule has 9 heteroatoms. The second kappa shape index (κ2) is 9.74. The number of nitrogens with one attached hydrogen (secondary N) is 1. The molecule has 0 bridgehead atoms. The summed E-state index contributed by atoms with van der Waals surface area (Å²) in [5, 5.41) is 4.23. The molecule has 34 heavy (non-hydrogen) atoms. The van der Waals surface area contributed by atoms with E-state index in [-0.39, 0.29) is 21.9 Å². The van der Waals surface area contributed by atoms with Gasteiger partial charge in [-0.25, -0.2) is 17.2 Å². The molecule has 0 spiro atoms. The van der Waals surface area contributed by atoms with Crippen molar-refractivity contribution in [3.05, 3.63) is 106 Å². The van der Waals surface area contributed by atoms with Crippen molar-refractivity contribution >= 4 is 33.0 Å². The number of rotatable bonds is 7. The van der Waals surface area contributed by atoms with Crippen molar-refractivity contribution in [3.8, 4) is 11.1 Å². The largest absolute Gasteiger partial charge is 0.347 e. The van der Waals surface area contributed by atoms with Crippen molar-refractivity contribution in [1.82, 2.24) is 5.32 Å². The predicted octanol–water partition coefficient (Wildman–Crippen LogP) is 5.45. The molecule has 4 rings (SSSR count). The van der Waals surface area contributed by atoms with Gasteiger partial charge in [0.15, 0.2) is 0 Å². The van der Waals surface area contributed by atoms with Gasteiger partial charge in [-0.3, -0.25) is 9.10 Å². The molecule has 0 atom stereocenters. The molecule has 0 aliphatic heterocycles. The standard InChI is InChI=1S/C25H20F2N2O3S2/c1-29(21-8-3-2-4-9-21)34(31,32)24-22(18-6-5-7-20(27)14-18)16-33-23(24)25(30)28-15-17-10-12-19(26)13-11-17/h2-14,16H,15H2,1H3,(H,28,30). The van der Waals surface area contributed by atoms with Gasteiger partial charge in [0.25, 0.3) is 15.9 Å². The Balaban J connectivity index is 1.76. The molecule has 174 valence electrons. The number of para-hydroxylation sites is 1. The van der Waals surface area contributed by atoms with Crippen molar-refractivity contribution in [1.29, 1.82) is 0 Å². The molecule has 1 N–H and O–H groups in total.